The summed E-state index contributed by atoms with van der Waals surface area (Å²) >= 11 is 0. The minimum atomic E-state index is -0.291. The van der Waals surface area contributed by atoms with E-state index in [1.807, 2.05) is 38.4 Å². The molecule has 1 fully saturated rings. The number of nitrogens with zero attached hydrogens (tertiary/aromatic N) is 1. The maximum absolute atomic E-state index is 13.0. The van der Waals surface area contributed by atoms with Crippen LogP contribution in [0.1, 0.15) is 38.2 Å². The minimum Gasteiger partial charge on any atom is -0.497 e. The first kappa shape index (κ1) is 16.0. The molecule has 1 aliphatic carbocycles. The van der Waals surface area contributed by atoms with Gasteiger partial charge >= 0.3 is 0 Å². The first-order valence-electron chi connectivity index (χ1n) is 7.81. The smallest absolute Gasteiger partial charge is 0.157 e. The SMILES string of the molecule is COc1cccc(CC(=O)C2(N(C)C)CCCC(C)C2)c1. The summed E-state index contributed by atoms with van der Waals surface area (Å²) in [6.07, 6.45) is 4.82. The second kappa shape index (κ2) is 6.61. The molecule has 21 heavy (non-hydrogen) atoms. The van der Waals surface area contributed by atoms with E-state index in [9.17, 15) is 4.79 Å². The summed E-state index contributed by atoms with van der Waals surface area (Å²) in [5.74, 6) is 1.78. The standard InChI is InChI=1S/C18H27NO2/c1-14-7-6-10-18(13-14,19(2)3)17(20)12-15-8-5-9-16(11-15)21-4/h5,8-9,11,14H,6-7,10,12-13H2,1-4H3. The van der Waals surface area contributed by atoms with Gasteiger partial charge in [0.05, 0.1) is 12.6 Å². The molecular formula is C18H27NO2. The Labute approximate surface area is 128 Å². The van der Waals surface area contributed by atoms with E-state index in [2.05, 4.69) is 11.8 Å². The molecule has 0 aromatic heterocycles. The zero-order chi connectivity index (χ0) is 15.5. The number of carbonyl (C=O) groups is 1. The molecule has 0 aliphatic heterocycles. The molecule has 1 saturated carbocycles. The molecule has 2 rings (SSSR count). The summed E-state index contributed by atoms with van der Waals surface area (Å²) in [7, 11) is 5.74. The zero-order valence-corrected chi connectivity index (χ0v) is 13.7. The van der Waals surface area contributed by atoms with Crippen molar-refractivity contribution in [2.75, 3.05) is 21.2 Å². The molecule has 1 aromatic carbocycles. The molecule has 0 bridgehead atoms. The number of benzene rings is 1. The molecule has 116 valence electrons. The normalized spacial score (nSPS) is 25.9. The fraction of sp³-hybridized carbons (Fsp3) is 0.611. The van der Waals surface area contributed by atoms with E-state index in [0.29, 0.717) is 18.1 Å². The highest BCUT2D eigenvalue weighted by molar-refractivity contribution is 5.90. The average Bonchev–Trinajstić information content (AvgIpc) is 2.47. The van der Waals surface area contributed by atoms with Crippen molar-refractivity contribution >= 4 is 5.78 Å². The number of hydrogen-bond donors (Lipinski definition) is 0. The number of ether oxygens (including phenoxy) is 1. The van der Waals surface area contributed by atoms with Gasteiger partial charge in [-0.1, -0.05) is 31.9 Å². The Morgan fingerprint density at radius 2 is 2.19 bits per heavy atom. The van der Waals surface area contributed by atoms with Crippen molar-refractivity contribution in [2.24, 2.45) is 5.92 Å². The lowest BCUT2D eigenvalue weighted by Crippen LogP contribution is -2.54. The van der Waals surface area contributed by atoms with Crippen LogP contribution in [-0.4, -0.2) is 37.4 Å². The molecule has 0 amide bonds. The zero-order valence-electron chi connectivity index (χ0n) is 13.7. The Morgan fingerprint density at radius 1 is 1.43 bits per heavy atom. The molecule has 1 aromatic rings. The van der Waals surface area contributed by atoms with E-state index in [0.717, 1.165) is 30.6 Å². The summed E-state index contributed by atoms with van der Waals surface area (Å²) in [5, 5.41) is 0. The average molecular weight is 289 g/mol. The number of rotatable bonds is 5. The van der Waals surface area contributed by atoms with E-state index >= 15 is 0 Å². The van der Waals surface area contributed by atoms with E-state index in [-0.39, 0.29) is 5.54 Å². The van der Waals surface area contributed by atoms with E-state index in [1.54, 1.807) is 7.11 Å². The van der Waals surface area contributed by atoms with Gasteiger partial charge in [0.1, 0.15) is 5.75 Å². The van der Waals surface area contributed by atoms with Crippen LogP contribution in [-0.2, 0) is 11.2 Å². The van der Waals surface area contributed by atoms with Gasteiger partial charge in [-0.15, -0.1) is 0 Å². The third-order valence-electron chi connectivity index (χ3n) is 4.85. The van der Waals surface area contributed by atoms with Gasteiger partial charge in [0, 0.05) is 6.42 Å². The Balaban J connectivity index is 2.19. The first-order chi connectivity index (χ1) is 9.98. The quantitative estimate of drug-likeness (QED) is 0.833. The van der Waals surface area contributed by atoms with Crippen molar-refractivity contribution in [3.63, 3.8) is 0 Å². The molecule has 0 N–H and O–H groups in total. The molecule has 0 saturated heterocycles. The van der Waals surface area contributed by atoms with E-state index < -0.39 is 0 Å². The third kappa shape index (κ3) is 3.46. The van der Waals surface area contributed by atoms with Gasteiger partial charge in [-0.3, -0.25) is 9.69 Å². The fourth-order valence-corrected chi connectivity index (χ4v) is 3.56. The van der Waals surface area contributed by atoms with Crippen LogP contribution in [0.2, 0.25) is 0 Å². The molecule has 2 atom stereocenters. The molecule has 0 spiro atoms. The number of methoxy groups -OCH3 is 1. The predicted octanol–water partition coefficient (Wildman–Crippen LogP) is 3.32. The van der Waals surface area contributed by atoms with E-state index in [1.165, 1.54) is 6.42 Å². The Bertz CT molecular complexity index is 498. The second-order valence-corrected chi connectivity index (χ2v) is 6.58. The second-order valence-electron chi connectivity index (χ2n) is 6.58. The van der Waals surface area contributed by atoms with Gasteiger partial charge in [0.25, 0.3) is 0 Å². The van der Waals surface area contributed by atoms with Gasteiger partial charge in [-0.25, -0.2) is 0 Å². The fourth-order valence-electron chi connectivity index (χ4n) is 3.56. The van der Waals surface area contributed by atoms with Crippen LogP contribution < -0.4 is 4.74 Å². The topological polar surface area (TPSA) is 29.5 Å². The minimum absolute atomic E-state index is 0.291. The van der Waals surface area contributed by atoms with Gasteiger partial charge in [0.2, 0.25) is 0 Å². The van der Waals surface area contributed by atoms with Crippen LogP contribution in [0.3, 0.4) is 0 Å². The van der Waals surface area contributed by atoms with Crippen molar-refractivity contribution < 1.29 is 9.53 Å². The lowest BCUT2D eigenvalue weighted by molar-refractivity contribution is -0.132. The van der Waals surface area contributed by atoms with Crippen LogP contribution in [0.25, 0.3) is 0 Å². The molecule has 3 heteroatoms. The molecular weight excluding hydrogens is 262 g/mol. The highest BCUT2D eigenvalue weighted by Crippen LogP contribution is 2.37. The Hall–Kier alpha value is -1.35. The third-order valence-corrected chi connectivity index (χ3v) is 4.85. The van der Waals surface area contributed by atoms with Crippen molar-refractivity contribution in [1.82, 2.24) is 4.90 Å². The van der Waals surface area contributed by atoms with Crippen LogP contribution in [0.15, 0.2) is 24.3 Å². The summed E-state index contributed by atoms with van der Waals surface area (Å²) in [5.41, 5.74) is 0.750. The highest BCUT2D eigenvalue weighted by atomic mass is 16.5. The van der Waals surface area contributed by atoms with Gasteiger partial charge < -0.3 is 4.74 Å². The lowest BCUT2D eigenvalue weighted by atomic mass is 9.72. The molecule has 0 radical (unpaired) electrons. The highest BCUT2D eigenvalue weighted by Gasteiger charge is 2.42. The molecule has 0 heterocycles. The van der Waals surface area contributed by atoms with Crippen molar-refractivity contribution in [3.05, 3.63) is 29.8 Å². The number of carbonyl (C=O) groups excluding carboxylic acids is 1. The van der Waals surface area contributed by atoms with Crippen molar-refractivity contribution in [1.29, 1.82) is 0 Å². The largest absolute Gasteiger partial charge is 0.497 e. The van der Waals surface area contributed by atoms with Crippen LogP contribution in [0, 0.1) is 5.92 Å². The Kier molecular flexibility index (Phi) is 5.04. The Morgan fingerprint density at radius 3 is 2.81 bits per heavy atom. The van der Waals surface area contributed by atoms with Gasteiger partial charge in [0.15, 0.2) is 5.78 Å². The predicted molar refractivity (Wildman–Crippen MR) is 85.8 cm³/mol. The number of hydrogen-bond acceptors (Lipinski definition) is 3. The summed E-state index contributed by atoms with van der Waals surface area (Å²) in [6.45, 7) is 2.26. The van der Waals surface area contributed by atoms with E-state index in [4.69, 9.17) is 4.74 Å². The molecule has 2 unspecified atom stereocenters. The van der Waals surface area contributed by atoms with Crippen LogP contribution >= 0.6 is 0 Å². The van der Waals surface area contributed by atoms with Crippen LogP contribution in [0.5, 0.6) is 5.75 Å². The maximum Gasteiger partial charge on any atom is 0.157 e. The summed E-state index contributed by atoms with van der Waals surface area (Å²) < 4.78 is 5.25. The number of ketones is 1. The lowest BCUT2D eigenvalue weighted by Gasteiger charge is -2.44. The maximum atomic E-state index is 13.0. The number of Topliss-reactive ketones (excluding diaryl/α,β-unsaturated/α-hetero) is 1. The molecule has 3 nitrogen and oxygen atoms in total. The van der Waals surface area contributed by atoms with Crippen molar-refractivity contribution in [2.45, 2.75) is 44.6 Å². The first-order valence-corrected chi connectivity index (χ1v) is 7.81. The summed E-state index contributed by atoms with van der Waals surface area (Å²) in [6, 6.07) is 7.84. The van der Waals surface area contributed by atoms with Gasteiger partial charge in [-0.2, -0.15) is 0 Å². The number of likely N-dealkylation sites (N-methyl/N-ethyl adjacent to an activating group) is 1. The van der Waals surface area contributed by atoms with Gasteiger partial charge in [-0.05, 0) is 50.6 Å². The van der Waals surface area contributed by atoms with Crippen LogP contribution in [0.4, 0.5) is 0 Å². The monoisotopic (exact) mass is 289 g/mol. The summed E-state index contributed by atoms with van der Waals surface area (Å²) in [4.78, 5) is 15.1. The molecule has 1 aliphatic rings. The van der Waals surface area contributed by atoms with Crippen molar-refractivity contribution in [3.8, 4) is 5.75 Å².